The molecule has 0 amide bonds. The Kier molecular flexibility index (Phi) is 2.14. The van der Waals surface area contributed by atoms with Crippen molar-refractivity contribution in [2.75, 3.05) is 11.1 Å². The lowest BCUT2D eigenvalue weighted by molar-refractivity contribution is 0.260. The topological polar surface area (TPSA) is 60.2 Å². The van der Waals surface area contributed by atoms with Gasteiger partial charge < -0.3 is 15.8 Å². The quantitative estimate of drug-likeness (QED) is 0.735. The number of nitrogens with two attached hydrogens (primary N) is 1. The van der Waals surface area contributed by atoms with Gasteiger partial charge in [0.2, 0.25) is 0 Å². The molecular weight excluding hydrogens is 214 g/mol. The van der Waals surface area contributed by atoms with Gasteiger partial charge in [0.1, 0.15) is 0 Å². The van der Waals surface area contributed by atoms with E-state index in [1.54, 1.807) is 0 Å². The fourth-order valence-electron chi connectivity index (χ4n) is 1.90. The first-order chi connectivity index (χ1) is 8.22. The summed E-state index contributed by atoms with van der Waals surface area (Å²) >= 11 is 0. The summed E-state index contributed by atoms with van der Waals surface area (Å²) in [6, 6.07) is 11.5. The fourth-order valence-corrected chi connectivity index (χ4v) is 1.90. The number of fused-ring (bicyclic) bond motifs is 1. The van der Waals surface area contributed by atoms with Crippen LogP contribution in [0.15, 0.2) is 36.4 Å². The van der Waals surface area contributed by atoms with Gasteiger partial charge in [0.05, 0.1) is 0 Å². The minimum atomic E-state index is -0.206. The zero-order valence-corrected chi connectivity index (χ0v) is 9.47. The van der Waals surface area contributed by atoms with Crippen LogP contribution in [0.25, 0.3) is 0 Å². The van der Waals surface area contributed by atoms with Gasteiger partial charge in [0.15, 0.2) is 17.8 Å². The Hall–Kier alpha value is -2.23. The second kappa shape index (κ2) is 3.66. The van der Waals surface area contributed by atoms with Crippen molar-refractivity contribution in [3.05, 3.63) is 47.7 Å². The van der Waals surface area contributed by atoms with E-state index in [2.05, 4.69) is 10.3 Å². The lowest BCUT2D eigenvalue weighted by atomic mass is 10.2. The number of aryl methyl sites for hydroxylation is 1. The number of ether oxygens (including phenoxy) is 1. The molecule has 0 spiro atoms. The zero-order valence-electron chi connectivity index (χ0n) is 9.47. The summed E-state index contributed by atoms with van der Waals surface area (Å²) in [4.78, 5) is 4.38. The van der Waals surface area contributed by atoms with Crippen molar-refractivity contribution >= 4 is 11.5 Å². The number of nitrogens with one attached hydrogen (secondary N) is 1. The van der Waals surface area contributed by atoms with E-state index in [9.17, 15) is 0 Å². The van der Waals surface area contributed by atoms with E-state index < -0.39 is 0 Å². The molecule has 0 aliphatic carbocycles. The summed E-state index contributed by atoms with van der Waals surface area (Å²) in [5, 5.41) is 3.23. The van der Waals surface area contributed by atoms with Gasteiger partial charge in [-0.1, -0.05) is 12.1 Å². The molecule has 0 saturated carbocycles. The van der Waals surface area contributed by atoms with E-state index in [4.69, 9.17) is 10.5 Å². The standard InChI is InChI=1S/C13H13N3O/c1-8-5-6-11-12(15-8)16-13(17-11)9-3-2-4-10(14)7-9/h2-7,13H,14H2,1H3,(H,15,16). The Bertz CT molecular complexity index is 568. The molecule has 2 aromatic rings. The lowest BCUT2D eigenvalue weighted by Gasteiger charge is -2.11. The van der Waals surface area contributed by atoms with E-state index in [-0.39, 0.29) is 6.23 Å². The molecule has 0 fully saturated rings. The van der Waals surface area contributed by atoms with Crippen molar-refractivity contribution in [3.63, 3.8) is 0 Å². The van der Waals surface area contributed by atoms with Crippen LogP contribution in [0.5, 0.6) is 5.75 Å². The van der Waals surface area contributed by atoms with Crippen molar-refractivity contribution in [1.82, 2.24) is 4.98 Å². The Morgan fingerprint density at radius 3 is 3.00 bits per heavy atom. The van der Waals surface area contributed by atoms with Crippen molar-refractivity contribution in [2.45, 2.75) is 13.2 Å². The Morgan fingerprint density at radius 1 is 1.29 bits per heavy atom. The third-order valence-electron chi connectivity index (χ3n) is 2.72. The third kappa shape index (κ3) is 1.78. The number of aromatic nitrogens is 1. The number of benzene rings is 1. The highest BCUT2D eigenvalue weighted by molar-refractivity contribution is 5.56. The SMILES string of the molecule is Cc1ccc2c(n1)NC(c1cccc(N)c1)O2. The smallest absolute Gasteiger partial charge is 0.197 e. The second-order valence-corrected chi connectivity index (χ2v) is 4.11. The van der Waals surface area contributed by atoms with Gasteiger partial charge in [-0.25, -0.2) is 4.98 Å². The molecule has 3 N–H and O–H groups in total. The zero-order chi connectivity index (χ0) is 11.8. The number of anilines is 2. The predicted octanol–water partition coefficient (Wildman–Crippen LogP) is 2.48. The Balaban J connectivity index is 1.91. The Morgan fingerprint density at radius 2 is 2.18 bits per heavy atom. The highest BCUT2D eigenvalue weighted by Gasteiger charge is 2.24. The molecule has 1 aromatic carbocycles. The molecule has 4 nitrogen and oxygen atoms in total. The predicted molar refractivity (Wildman–Crippen MR) is 66.8 cm³/mol. The van der Waals surface area contributed by atoms with Gasteiger partial charge in [-0.2, -0.15) is 0 Å². The monoisotopic (exact) mass is 227 g/mol. The van der Waals surface area contributed by atoms with Crippen LogP contribution in [0.2, 0.25) is 0 Å². The summed E-state index contributed by atoms with van der Waals surface area (Å²) in [5.74, 6) is 1.57. The maximum atomic E-state index is 5.77. The van der Waals surface area contributed by atoms with Crippen LogP contribution in [-0.2, 0) is 0 Å². The lowest BCUT2D eigenvalue weighted by Crippen LogP contribution is -2.10. The minimum Gasteiger partial charge on any atom is -0.463 e. The van der Waals surface area contributed by atoms with Crippen molar-refractivity contribution < 1.29 is 4.74 Å². The summed E-state index contributed by atoms with van der Waals surface area (Å²) in [6.45, 7) is 1.95. The van der Waals surface area contributed by atoms with Gasteiger partial charge in [-0.15, -0.1) is 0 Å². The fraction of sp³-hybridized carbons (Fsp3) is 0.154. The first-order valence-electron chi connectivity index (χ1n) is 5.49. The number of nitrogen functional groups attached to an aromatic ring is 1. The molecule has 1 aromatic heterocycles. The molecule has 0 bridgehead atoms. The van der Waals surface area contributed by atoms with Gasteiger partial charge in [-0.05, 0) is 31.2 Å². The molecule has 3 rings (SSSR count). The van der Waals surface area contributed by atoms with Crippen LogP contribution in [0.3, 0.4) is 0 Å². The van der Waals surface area contributed by atoms with E-state index in [0.717, 1.165) is 28.5 Å². The minimum absolute atomic E-state index is 0.206. The van der Waals surface area contributed by atoms with Crippen molar-refractivity contribution in [1.29, 1.82) is 0 Å². The number of nitrogens with zero attached hydrogens (tertiary/aromatic N) is 1. The number of hydrogen-bond acceptors (Lipinski definition) is 4. The number of hydrogen-bond donors (Lipinski definition) is 2. The molecular formula is C13H13N3O. The van der Waals surface area contributed by atoms with Crippen molar-refractivity contribution in [2.24, 2.45) is 0 Å². The maximum Gasteiger partial charge on any atom is 0.197 e. The van der Waals surface area contributed by atoms with Gasteiger partial charge >= 0.3 is 0 Å². The highest BCUT2D eigenvalue weighted by atomic mass is 16.5. The van der Waals surface area contributed by atoms with Crippen LogP contribution in [-0.4, -0.2) is 4.98 Å². The van der Waals surface area contributed by atoms with E-state index in [1.807, 2.05) is 43.3 Å². The molecule has 4 heteroatoms. The first-order valence-corrected chi connectivity index (χ1v) is 5.49. The van der Waals surface area contributed by atoms with Crippen LogP contribution in [0.1, 0.15) is 17.5 Å². The maximum absolute atomic E-state index is 5.77. The molecule has 1 unspecified atom stereocenters. The summed E-state index contributed by atoms with van der Waals surface area (Å²) in [5.41, 5.74) is 8.45. The average Bonchev–Trinajstić information content (AvgIpc) is 2.72. The molecule has 1 aliphatic rings. The first kappa shape index (κ1) is 9.96. The summed E-state index contributed by atoms with van der Waals surface area (Å²) < 4.78 is 5.77. The molecule has 1 atom stereocenters. The van der Waals surface area contributed by atoms with E-state index >= 15 is 0 Å². The van der Waals surface area contributed by atoms with Crippen LogP contribution in [0.4, 0.5) is 11.5 Å². The molecule has 0 radical (unpaired) electrons. The second-order valence-electron chi connectivity index (χ2n) is 4.11. The van der Waals surface area contributed by atoms with Crippen LogP contribution < -0.4 is 15.8 Å². The van der Waals surface area contributed by atoms with E-state index in [1.165, 1.54) is 0 Å². The molecule has 2 heterocycles. The molecule has 17 heavy (non-hydrogen) atoms. The molecule has 0 saturated heterocycles. The molecule has 86 valence electrons. The summed E-state index contributed by atoms with van der Waals surface area (Å²) in [6.07, 6.45) is -0.206. The Labute approximate surface area is 99.4 Å². The summed E-state index contributed by atoms with van der Waals surface area (Å²) in [7, 11) is 0. The van der Waals surface area contributed by atoms with Crippen LogP contribution in [0, 0.1) is 6.92 Å². The van der Waals surface area contributed by atoms with Gasteiger partial charge in [0.25, 0.3) is 0 Å². The highest BCUT2D eigenvalue weighted by Crippen LogP contribution is 2.36. The number of pyridine rings is 1. The largest absolute Gasteiger partial charge is 0.463 e. The van der Waals surface area contributed by atoms with Gasteiger partial charge in [0, 0.05) is 16.9 Å². The molecule has 1 aliphatic heterocycles. The van der Waals surface area contributed by atoms with E-state index in [0.29, 0.717) is 0 Å². The normalized spacial score (nSPS) is 17.1. The third-order valence-corrected chi connectivity index (χ3v) is 2.72. The van der Waals surface area contributed by atoms with Crippen molar-refractivity contribution in [3.8, 4) is 5.75 Å². The average molecular weight is 227 g/mol. The number of rotatable bonds is 1. The van der Waals surface area contributed by atoms with Crippen LogP contribution >= 0.6 is 0 Å². The van der Waals surface area contributed by atoms with Gasteiger partial charge in [-0.3, -0.25) is 0 Å².